The smallest absolute Gasteiger partial charge is 0.182 e. The van der Waals surface area contributed by atoms with E-state index >= 15 is 0 Å². The largest absolute Gasteiger partial charge is 0.388 e. The predicted octanol–water partition coefficient (Wildman–Crippen LogP) is 1.72. The molecule has 0 bridgehead atoms. The zero-order valence-electron chi connectivity index (χ0n) is 13.8. The van der Waals surface area contributed by atoms with E-state index in [1.54, 1.807) is 0 Å². The Balaban J connectivity index is 2.11. The number of aliphatic imine (C=N–C) groups is 1. The predicted molar refractivity (Wildman–Crippen MR) is 97.4 cm³/mol. The standard InChI is InChI=1S/C17H18FN5OS/c1-22(2)16-13-5-3-4-6-14(13)23(20)17(21-16)15(19)25(24)12-9-7-11(18)8-10-12/h3-10H,19-20H2,1-2H3/b17-15+. The number of fused-ring (bicyclic) bond motifs is 1. The van der Waals surface area contributed by atoms with Crippen LogP contribution in [0, 0.1) is 5.82 Å². The van der Waals surface area contributed by atoms with Gasteiger partial charge in [0.05, 0.1) is 5.69 Å². The summed E-state index contributed by atoms with van der Waals surface area (Å²) in [6, 6.07) is 12.8. The number of rotatable bonds is 2. The molecule has 1 unspecified atom stereocenters. The van der Waals surface area contributed by atoms with Crippen LogP contribution in [0.5, 0.6) is 0 Å². The maximum atomic E-state index is 13.1. The van der Waals surface area contributed by atoms with E-state index in [-0.39, 0.29) is 10.9 Å². The minimum atomic E-state index is -1.72. The zero-order valence-corrected chi connectivity index (χ0v) is 14.6. The monoisotopic (exact) mass is 359 g/mol. The molecule has 1 heterocycles. The van der Waals surface area contributed by atoms with Crippen molar-refractivity contribution >= 4 is 22.3 Å². The average Bonchev–Trinajstić information content (AvgIpc) is 2.61. The lowest BCUT2D eigenvalue weighted by Crippen LogP contribution is -2.39. The highest BCUT2D eigenvalue weighted by Crippen LogP contribution is 2.30. The molecule has 0 saturated carbocycles. The lowest BCUT2D eigenvalue weighted by atomic mass is 10.1. The molecule has 6 nitrogen and oxygen atoms in total. The SMILES string of the molecule is CN(C)C1=N/C(=C(/N)S(=O)c2ccc(F)cc2)N(N)c2ccccc21. The van der Waals surface area contributed by atoms with Crippen LogP contribution in [0.4, 0.5) is 10.1 Å². The number of nitrogens with zero attached hydrogens (tertiary/aromatic N) is 3. The maximum absolute atomic E-state index is 13.1. The van der Waals surface area contributed by atoms with Gasteiger partial charge in [-0.2, -0.15) is 0 Å². The number of anilines is 1. The van der Waals surface area contributed by atoms with Gasteiger partial charge in [-0.1, -0.05) is 12.1 Å². The molecule has 0 amide bonds. The molecule has 3 rings (SSSR count). The van der Waals surface area contributed by atoms with Crippen molar-refractivity contribution in [1.82, 2.24) is 4.90 Å². The van der Waals surface area contributed by atoms with Crippen molar-refractivity contribution in [3.05, 3.63) is 70.8 Å². The van der Waals surface area contributed by atoms with Crippen molar-refractivity contribution < 1.29 is 8.60 Å². The van der Waals surface area contributed by atoms with E-state index in [1.807, 2.05) is 43.3 Å². The van der Waals surface area contributed by atoms with Crippen LogP contribution >= 0.6 is 0 Å². The topological polar surface area (TPSA) is 88.0 Å². The molecule has 4 N–H and O–H groups in total. The van der Waals surface area contributed by atoms with Crippen molar-refractivity contribution in [2.24, 2.45) is 16.6 Å². The summed E-state index contributed by atoms with van der Waals surface area (Å²) in [6.45, 7) is 0. The van der Waals surface area contributed by atoms with Crippen LogP contribution in [0.3, 0.4) is 0 Å². The first-order chi connectivity index (χ1) is 11.9. The van der Waals surface area contributed by atoms with Crippen LogP contribution < -0.4 is 16.6 Å². The van der Waals surface area contributed by atoms with Gasteiger partial charge in [0.25, 0.3) is 0 Å². The highest BCUT2D eigenvalue weighted by atomic mass is 32.2. The van der Waals surface area contributed by atoms with E-state index in [0.29, 0.717) is 16.4 Å². The third-order valence-corrected chi connectivity index (χ3v) is 5.00. The Labute approximate surface area is 147 Å². The molecule has 0 aliphatic carbocycles. The number of halogens is 1. The Morgan fingerprint density at radius 1 is 1.16 bits per heavy atom. The molecular formula is C17H18FN5OS. The molecule has 1 aliphatic rings. The molecule has 2 aromatic rings. The van der Waals surface area contributed by atoms with Crippen LogP contribution in [0.25, 0.3) is 0 Å². The highest BCUT2D eigenvalue weighted by Gasteiger charge is 2.26. The fourth-order valence-corrected chi connectivity index (χ4v) is 3.43. The van der Waals surface area contributed by atoms with Crippen LogP contribution in [0.15, 0.2) is 69.3 Å². The van der Waals surface area contributed by atoms with Crippen molar-refractivity contribution in [3.63, 3.8) is 0 Å². The van der Waals surface area contributed by atoms with Crippen LogP contribution in [-0.2, 0) is 10.8 Å². The number of nitrogens with two attached hydrogens (primary N) is 2. The first-order valence-corrected chi connectivity index (χ1v) is 8.62. The van der Waals surface area contributed by atoms with Crippen molar-refractivity contribution in [2.45, 2.75) is 4.90 Å². The third kappa shape index (κ3) is 3.13. The number of hydrogen-bond acceptors (Lipinski definition) is 6. The Morgan fingerprint density at radius 3 is 2.44 bits per heavy atom. The Bertz CT molecular complexity index is 892. The normalized spacial score (nSPS) is 16.8. The summed E-state index contributed by atoms with van der Waals surface area (Å²) in [6.07, 6.45) is 0. The second-order valence-electron chi connectivity index (χ2n) is 5.63. The lowest BCUT2D eigenvalue weighted by Gasteiger charge is -2.30. The van der Waals surface area contributed by atoms with Gasteiger partial charge in [0.15, 0.2) is 5.82 Å². The first-order valence-electron chi connectivity index (χ1n) is 7.47. The molecule has 0 spiro atoms. The average molecular weight is 359 g/mol. The highest BCUT2D eigenvalue weighted by molar-refractivity contribution is 7.89. The number of hydrogen-bond donors (Lipinski definition) is 2. The van der Waals surface area contributed by atoms with Gasteiger partial charge < -0.3 is 10.6 Å². The summed E-state index contributed by atoms with van der Waals surface area (Å²) >= 11 is 0. The van der Waals surface area contributed by atoms with Crippen LogP contribution in [-0.4, -0.2) is 29.0 Å². The Morgan fingerprint density at radius 2 is 1.80 bits per heavy atom. The van der Waals surface area contributed by atoms with Crippen molar-refractivity contribution in [1.29, 1.82) is 0 Å². The number of para-hydroxylation sites is 1. The first kappa shape index (κ1) is 17.1. The van der Waals surface area contributed by atoms with Crippen LogP contribution in [0.1, 0.15) is 5.56 Å². The van der Waals surface area contributed by atoms with Gasteiger partial charge in [-0.15, -0.1) is 0 Å². The summed E-state index contributed by atoms with van der Waals surface area (Å²) in [5.74, 6) is 6.62. The lowest BCUT2D eigenvalue weighted by molar-refractivity contribution is 0.618. The molecule has 1 atom stereocenters. The van der Waals surface area contributed by atoms with E-state index in [1.165, 1.54) is 29.3 Å². The number of amidine groups is 1. The molecule has 0 fully saturated rings. The van der Waals surface area contributed by atoms with E-state index in [2.05, 4.69) is 4.99 Å². The summed E-state index contributed by atoms with van der Waals surface area (Å²) < 4.78 is 25.8. The van der Waals surface area contributed by atoms with E-state index in [0.717, 1.165) is 5.56 Å². The quantitative estimate of drug-likeness (QED) is 0.797. The fraction of sp³-hybridized carbons (Fsp3) is 0.118. The molecule has 25 heavy (non-hydrogen) atoms. The summed E-state index contributed by atoms with van der Waals surface area (Å²) in [5, 5.41) is 1.32. The second kappa shape index (κ2) is 6.66. The number of hydrazine groups is 1. The summed E-state index contributed by atoms with van der Waals surface area (Å²) in [5.41, 5.74) is 7.66. The van der Waals surface area contributed by atoms with Gasteiger partial charge in [0, 0.05) is 24.6 Å². The van der Waals surface area contributed by atoms with Crippen molar-refractivity contribution in [2.75, 3.05) is 19.1 Å². The molecule has 1 aliphatic heterocycles. The van der Waals surface area contributed by atoms with Gasteiger partial charge in [-0.05, 0) is 36.4 Å². The van der Waals surface area contributed by atoms with Gasteiger partial charge in [0.2, 0.25) is 0 Å². The Kier molecular flexibility index (Phi) is 4.56. The third-order valence-electron chi connectivity index (χ3n) is 3.72. The van der Waals surface area contributed by atoms with Gasteiger partial charge in [-0.3, -0.25) is 5.01 Å². The molecular weight excluding hydrogens is 341 g/mol. The Hall–Kier alpha value is -2.71. The van der Waals surface area contributed by atoms with E-state index in [4.69, 9.17) is 11.6 Å². The molecule has 0 saturated heterocycles. The molecule has 130 valence electrons. The van der Waals surface area contributed by atoms with Gasteiger partial charge in [-0.25, -0.2) is 19.4 Å². The molecule has 8 heteroatoms. The second-order valence-corrected chi connectivity index (χ2v) is 7.08. The number of benzene rings is 2. The summed E-state index contributed by atoms with van der Waals surface area (Å²) in [4.78, 5) is 6.71. The molecule has 2 aromatic carbocycles. The fourth-order valence-electron chi connectivity index (χ4n) is 2.48. The zero-order chi connectivity index (χ0) is 18.1. The summed E-state index contributed by atoms with van der Waals surface area (Å²) in [7, 11) is 1.99. The van der Waals surface area contributed by atoms with E-state index < -0.39 is 16.6 Å². The molecule has 0 aromatic heterocycles. The van der Waals surface area contributed by atoms with Gasteiger partial charge >= 0.3 is 0 Å². The van der Waals surface area contributed by atoms with E-state index in [9.17, 15) is 8.60 Å². The minimum absolute atomic E-state index is 0.00274. The van der Waals surface area contributed by atoms with Crippen LogP contribution in [0.2, 0.25) is 0 Å². The van der Waals surface area contributed by atoms with Gasteiger partial charge in [0.1, 0.15) is 27.5 Å². The van der Waals surface area contributed by atoms with Crippen molar-refractivity contribution in [3.8, 4) is 0 Å². The maximum Gasteiger partial charge on any atom is 0.182 e. The minimum Gasteiger partial charge on any atom is -0.388 e. The molecule has 0 radical (unpaired) electrons.